The van der Waals surface area contributed by atoms with Crippen LogP contribution in [0.4, 0.5) is 13.2 Å². The van der Waals surface area contributed by atoms with Crippen LogP contribution < -0.4 is 0 Å². The predicted octanol–water partition coefficient (Wildman–Crippen LogP) is 5.38. The van der Waals surface area contributed by atoms with Crippen molar-refractivity contribution in [1.82, 2.24) is 24.7 Å². The van der Waals surface area contributed by atoms with Gasteiger partial charge >= 0.3 is 6.18 Å². The van der Waals surface area contributed by atoms with Gasteiger partial charge < -0.3 is 0 Å². The SMILES string of the molecule is Cc1cccc(-c2cccc(C(C)(C)c3cccc(-n4ccc(C(F)(F)F)n4)n3)n2)n1. The Labute approximate surface area is 177 Å². The first-order valence-electron chi connectivity index (χ1n) is 9.67. The Morgan fingerprint density at radius 3 is 1.97 bits per heavy atom. The maximum Gasteiger partial charge on any atom is 0.435 e. The van der Waals surface area contributed by atoms with Crippen molar-refractivity contribution < 1.29 is 13.2 Å². The lowest BCUT2D eigenvalue weighted by atomic mass is 9.84. The van der Waals surface area contributed by atoms with Gasteiger partial charge in [0.2, 0.25) is 0 Å². The number of hydrogen-bond donors (Lipinski definition) is 0. The average molecular weight is 423 g/mol. The largest absolute Gasteiger partial charge is 0.435 e. The van der Waals surface area contributed by atoms with Crippen molar-refractivity contribution in [2.75, 3.05) is 0 Å². The van der Waals surface area contributed by atoms with Crippen LogP contribution in [0.1, 0.15) is 36.6 Å². The Balaban J connectivity index is 1.71. The molecule has 158 valence electrons. The van der Waals surface area contributed by atoms with Crippen LogP contribution in [0, 0.1) is 6.92 Å². The van der Waals surface area contributed by atoms with E-state index in [1.165, 1.54) is 6.20 Å². The second kappa shape index (κ2) is 7.61. The fourth-order valence-electron chi connectivity index (χ4n) is 3.24. The smallest absolute Gasteiger partial charge is 0.251 e. The first-order valence-corrected chi connectivity index (χ1v) is 9.67. The molecule has 5 nitrogen and oxygen atoms in total. The second-order valence-corrected chi connectivity index (χ2v) is 7.72. The molecule has 4 aromatic rings. The van der Waals surface area contributed by atoms with E-state index in [2.05, 4.69) is 15.1 Å². The fourth-order valence-corrected chi connectivity index (χ4v) is 3.24. The topological polar surface area (TPSA) is 56.5 Å². The van der Waals surface area contributed by atoms with E-state index in [1.807, 2.05) is 63.2 Å². The summed E-state index contributed by atoms with van der Waals surface area (Å²) in [4.78, 5) is 13.9. The van der Waals surface area contributed by atoms with Crippen LogP contribution in [0.3, 0.4) is 0 Å². The van der Waals surface area contributed by atoms with E-state index in [9.17, 15) is 13.2 Å². The molecule has 0 aliphatic rings. The van der Waals surface area contributed by atoms with Gasteiger partial charge in [0.15, 0.2) is 11.5 Å². The minimum absolute atomic E-state index is 0.303. The van der Waals surface area contributed by atoms with Crippen molar-refractivity contribution in [1.29, 1.82) is 0 Å². The van der Waals surface area contributed by atoms with Crippen molar-refractivity contribution in [3.8, 4) is 17.2 Å². The van der Waals surface area contributed by atoms with Gasteiger partial charge in [0.25, 0.3) is 0 Å². The van der Waals surface area contributed by atoms with Gasteiger partial charge in [-0.3, -0.25) is 9.97 Å². The van der Waals surface area contributed by atoms with Gasteiger partial charge in [0, 0.05) is 17.3 Å². The zero-order chi connectivity index (χ0) is 22.2. The van der Waals surface area contributed by atoms with Gasteiger partial charge in [-0.1, -0.05) is 18.2 Å². The molecule has 4 aromatic heterocycles. The summed E-state index contributed by atoms with van der Waals surface area (Å²) >= 11 is 0. The molecule has 8 heteroatoms. The van der Waals surface area contributed by atoms with Crippen LogP contribution in [0.5, 0.6) is 0 Å². The molecule has 0 fully saturated rings. The van der Waals surface area contributed by atoms with Crippen LogP contribution in [0.25, 0.3) is 17.2 Å². The molecule has 0 saturated carbocycles. The molecule has 0 radical (unpaired) electrons. The van der Waals surface area contributed by atoms with E-state index >= 15 is 0 Å². The molecule has 4 heterocycles. The van der Waals surface area contributed by atoms with Crippen molar-refractivity contribution in [2.45, 2.75) is 32.4 Å². The highest BCUT2D eigenvalue weighted by Crippen LogP contribution is 2.31. The summed E-state index contributed by atoms with van der Waals surface area (Å²) in [5.41, 5.74) is 2.29. The minimum Gasteiger partial charge on any atom is -0.251 e. The van der Waals surface area contributed by atoms with Gasteiger partial charge in [0.1, 0.15) is 0 Å². The van der Waals surface area contributed by atoms with E-state index in [-0.39, 0.29) is 0 Å². The van der Waals surface area contributed by atoms with Crippen LogP contribution in [-0.4, -0.2) is 24.7 Å². The van der Waals surface area contributed by atoms with Gasteiger partial charge in [-0.25, -0.2) is 9.67 Å². The lowest BCUT2D eigenvalue weighted by Crippen LogP contribution is -2.23. The third-order valence-corrected chi connectivity index (χ3v) is 5.03. The van der Waals surface area contributed by atoms with Crippen molar-refractivity contribution in [2.24, 2.45) is 0 Å². The van der Waals surface area contributed by atoms with E-state index in [0.29, 0.717) is 11.5 Å². The highest BCUT2D eigenvalue weighted by molar-refractivity contribution is 5.55. The zero-order valence-electron chi connectivity index (χ0n) is 17.2. The molecule has 0 aliphatic carbocycles. The first kappa shape index (κ1) is 20.7. The summed E-state index contributed by atoms with van der Waals surface area (Å²) in [6.45, 7) is 5.87. The summed E-state index contributed by atoms with van der Waals surface area (Å²) in [6.07, 6.45) is -3.25. The average Bonchev–Trinajstić information content (AvgIpc) is 3.25. The monoisotopic (exact) mass is 423 g/mol. The van der Waals surface area contributed by atoms with Crippen LogP contribution >= 0.6 is 0 Å². The van der Waals surface area contributed by atoms with Gasteiger partial charge in [0.05, 0.1) is 22.8 Å². The number of alkyl halides is 3. The molecule has 0 spiro atoms. The number of nitrogens with zero attached hydrogens (tertiary/aromatic N) is 5. The van der Waals surface area contributed by atoms with Crippen molar-refractivity contribution in [3.05, 3.63) is 89.6 Å². The number of aromatic nitrogens is 5. The van der Waals surface area contributed by atoms with Gasteiger partial charge in [-0.2, -0.15) is 18.3 Å². The maximum atomic E-state index is 12.9. The highest BCUT2D eigenvalue weighted by atomic mass is 19.4. The normalized spacial score (nSPS) is 12.2. The van der Waals surface area contributed by atoms with Crippen molar-refractivity contribution in [3.63, 3.8) is 0 Å². The van der Waals surface area contributed by atoms with Crippen LogP contribution in [-0.2, 0) is 11.6 Å². The van der Waals surface area contributed by atoms with Gasteiger partial charge in [-0.15, -0.1) is 0 Å². The minimum atomic E-state index is -4.50. The van der Waals surface area contributed by atoms with Gasteiger partial charge in [-0.05, 0) is 63.2 Å². The highest BCUT2D eigenvalue weighted by Gasteiger charge is 2.34. The Kier molecular flexibility index (Phi) is 5.08. The van der Waals surface area contributed by atoms with E-state index in [4.69, 9.17) is 4.98 Å². The third kappa shape index (κ3) is 4.19. The summed E-state index contributed by atoms with van der Waals surface area (Å²) in [5.74, 6) is 0.303. The Morgan fingerprint density at radius 2 is 1.32 bits per heavy atom. The Hall–Kier alpha value is -3.55. The lowest BCUT2D eigenvalue weighted by Gasteiger charge is -2.24. The zero-order valence-corrected chi connectivity index (χ0v) is 17.2. The molecule has 4 rings (SSSR count). The molecule has 0 amide bonds. The molecular formula is C23H20F3N5. The number of aryl methyl sites for hydroxylation is 1. The first-order chi connectivity index (χ1) is 14.6. The molecule has 0 atom stereocenters. The summed E-state index contributed by atoms with van der Waals surface area (Å²) in [7, 11) is 0. The predicted molar refractivity (Wildman–Crippen MR) is 111 cm³/mol. The van der Waals surface area contributed by atoms with Crippen molar-refractivity contribution >= 4 is 0 Å². The summed E-state index contributed by atoms with van der Waals surface area (Å²) in [6, 6.07) is 17.6. The Bertz CT molecular complexity index is 1230. The molecule has 0 aliphatic heterocycles. The van der Waals surface area contributed by atoms with E-state index < -0.39 is 17.3 Å². The van der Waals surface area contributed by atoms with E-state index in [1.54, 1.807) is 12.1 Å². The summed E-state index contributed by atoms with van der Waals surface area (Å²) in [5, 5.41) is 3.61. The van der Waals surface area contributed by atoms with E-state index in [0.717, 1.165) is 33.5 Å². The number of halogens is 3. The molecule has 0 unspecified atom stereocenters. The molecular weight excluding hydrogens is 403 g/mol. The summed E-state index contributed by atoms with van der Waals surface area (Å²) < 4.78 is 39.8. The lowest BCUT2D eigenvalue weighted by molar-refractivity contribution is -0.141. The maximum absolute atomic E-state index is 12.9. The number of hydrogen-bond acceptors (Lipinski definition) is 4. The van der Waals surface area contributed by atoms with Crippen LogP contribution in [0.2, 0.25) is 0 Å². The third-order valence-electron chi connectivity index (χ3n) is 5.03. The molecule has 31 heavy (non-hydrogen) atoms. The molecule has 0 N–H and O–H groups in total. The van der Waals surface area contributed by atoms with Crippen LogP contribution in [0.15, 0.2) is 66.9 Å². The molecule has 0 saturated heterocycles. The standard InChI is InChI=1S/C23H20F3N5/c1-15-7-4-8-16(27-15)17-9-5-10-18(28-17)22(2,3)19-11-6-12-21(29-19)31-14-13-20(30-31)23(24,25)26/h4-14H,1-3H3. The Morgan fingerprint density at radius 1 is 0.710 bits per heavy atom. The number of pyridine rings is 3. The second-order valence-electron chi connectivity index (χ2n) is 7.72. The molecule has 0 aromatic carbocycles. The quantitative estimate of drug-likeness (QED) is 0.442. The number of rotatable bonds is 4. The fraction of sp³-hybridized carbons (Fsp3) is 0.217. The molecule has 0 bridgehead atoms.